The van der Waals surface area contributed by atoms with E-state index in [-0.39, 0.29) is 10.3 Å². The van der Waals surface area contributed by atoms with Crippen molar-refractivity contribution in [3.63, 3.8) is 0 Å². The maximum Gasteiger partial charge on any atom is 0.241 e. The van der Waals surface area contributed by atoms with E-state index in [2.05, 4.69) is 4.72 Å². The summed E-state index contributed by atoms with van der Waals surface area (Å²) in [6.45, 7) is 5.24. The summed E-state index contributed by atoms with van der Waals surface area (Å²) in [6, 6.07) is 7.66. The molecular formula is C18H19F3N2O3S. The van der Waals surface area contributed by atoms with Crippen molar-refractivity contribution in [1.82, 2.24) is 4.72 Å². The van der Waals surface area contributed by atoms with Crippen LogP contribution in [0.15, 0.2) is 41.3 Å². The zero-order valence-electron chi connectivity index (χ0n) is 14.9. The topological polar surface area (TPSA) is 75.3 Å². The summed E-state index contributed by atoms with van der Waals surface area (Å²) >= 11 is 0. The Morgan fingerprint density at radius 2 is 1.56 bits per heavy atom. The number of sulfonamides is 1. The number of nitrogens with one attached hydrogen (secondary N) is 2. The van der Waals surface area contributed by atoms with Crippen LogP contribution in [0.3, 0.4) is 0 Å². The van der Waals surface area contributed by atoms with E-state index in [1.165, 1.54) is 12.1 Å². The van der Waals surface area contributed by atoms with Gasteiger partial charge in [-0.25, -0.2) is 26.3 Å². The summed E-state index contributed by atoms with van der Waals surface area (Å²) in [5.41, 5.74) is 0.199. The molecule has 0 spiro atoms. The Labute approximate surface area is 155 Å². The molecule has 0 aliphatic carbocycles. The summed E-state index contributed by atoms with van der Waals surface area (Å²) in [7, 11) is -3.97. The number of hydrogen-bond donors (Lipinski definition) is 2. The number of carbonyl (C=O) groups excluding carboxylic acids is 1. The van der Waals surface area contributed by atoms with E-state index in [4.69, 9.17) is 0 Å². The normalized spacial score (nSPS) is 12.1. The predicted molar refractivity (Wildman–Crippen MR) is 95.3 cm³/mol. The Morgan fingerprint density at radius 1 is 0.963 bits per heavy atom. The third kappa shape index (κ3) is 5.08. The number of carbonyl (C=O) groups is 1. The van der Waals surface area contributed by atoms with Crippen LogP contribution in [0.5, 0.6) is 0 Å². The monoisotopic (exact) mass is 400 g/mol. The largest absolute Gasteiger partial charge is 0.322 e. The molecule has 2 N–H and O–H groups in total. The van der Waals surface area contributed by atoms with E-state index in [1.54, 1.807) is 12.1 Å². The third-order valence-corrected chi connectivity index (χ3v) is 5.18. The molecule has 0 aliphatic heterocycles. The molecular weight excluding hydrogens is 381 g/mol. The van der Waals surface area contributed by atoms with E-state index in [0.717, 1.165) is 11.6 Å². The zero-order chi connectivity index (χ0) is 20.4. The summed E-state index contributed by atoms with van der Waals surface area (Å²) < 4.78 is 66.1. The van der Waals surface area contributed by atoms with Crippen LogP contribution in [-0.4, -0.2) is 20.9 Å². The van der Waals surface area contributed by atoms with Crippen molar-refractivity contribution in [2.24, 2.45) is 0 Å². The molecule has 0 aliphatic rings. The van der Waals surface area contributed by atoms with E-state index in [0.29, 0.717) is 6.07 Å². The van der Waals surface area contributed by atoms with Gasteiger partial charge >= 0.3 is 0 Å². The van der Waals surface area contributed by atoms with Gasteiger partial charge in [-0.2, -0.15) is 0 Å². The van der Waals surface area contributed by atoms with Gasteiger partial charge < -0.3 is 5.32 Å². The molecule has 0 fully saturated rings. The lowest BCUT2D eigenvalue weighted by Crippen LogP contribution is -2.33. The zero-order valence-corrected chi connectivity index (χ0v) is 15.8. The molecule has 0 unspecified atom stereocenters. The number of rotatable bonds is 5. The van der Waals surface area contributed by atoms with Crippen molar-refractivity contribution in [1.29, 1.82) is 0 Å². The standard InChI is InChI=1S/C18H19F3N2O3S/c1-18(2,3)11-4-6-12(7-5-11)27(25,26)22-10-15(24)23-14-9-8-13(19)16(20)17(14)21/h4-9,22H,10H2,1-3H3,(H,23,24). The van der Waals surface area contributed by atoms with Gasteiger partial charge in [-0.05, 0) is 35.2 Å². The Balaban J connectivity index is 2.04. The first-order valence-corrected chi connectivity index (χ1v) is 9.43. The minimum absolute atomic E-state index is 0.0395. The Hall–Kier alpha value is -2.39. The molecule has 0 aromatic heterocycles. The highest BCUT2D eigenvalue weighted by molar-refractivity contribution is 7.89. The molecule has 146 valence electrons. The van der Waals surface area contributed by atoms with E-state index in [1.807, 2.05) is 26.1 Å². The van der Waals surface area contributed by atoms with Crippen LogP contribution >= 0.6 is 0 Å². The van der Waals surface area contributed by atoms with E-state index in [9.17, 15) is 26.4 Å². The average Bonchev–Trinajstić information content (AvgIpc) is 2.60. The first-order valence-electron chi connectivity index (χ1n) is 7.95. The Morgan fingerprint density at radius 3 is 2.11 bits per heavy atom. The highest BCUT2D eigenvalue weighted by atomic mass is 32.2. The molecule has 0 saturated carbocycles. The summed E-state index contributed by atoms with van der Waals surface area (Å²) in [6.07, 6.45) is 0. The molecule has 0 atom stereocenters. The highest BCUT2D eigenvalue weighted by Gasteiger charge is 2.19. The Bertz CT molecular complexity index is 953. The van der Waals surface area contributed by atoms with Gasteiger partial charge in [0.05, 0.1) is 17.1 Å². The van der Waals surface area contributed by atoms with Crippen molar-refractivity contribution < 1.29 is 26.4 Å². The van der Waals surface area contributed by atoms with Gasteiger partial charge in [0.2, 0.25) is 15.9 Å². The quantitative estimate of drug-likeness (QED) is 0.756. The van der Waals surface area contributed by atoms with Gasteiger partial charge in [-0.3, -0.25) is 4.79 Å². The van der Waals surface area contributed by atoms with Crippen LogP contribution in [-0.2, 0) is 20.2 Å². The van der Waals surface area contributed by atoms with Crippen LogP contribution in [0.25, 0.3) is 0 Å². The minimum Gasteiger partial charge on any atom is -0.322 e. The second-order valence-corrected chi connectivity index (χ2v) is 8.64. The first-order chi connectivity index (χ1) is 12.4. The van der Waals surface area contributed by atoms with Crippen LogP contribution < -0.4 is 10.0 Å². The summed E-state index contributed by atoms with van der Waals surface area (Å²) in [4.78, 5) is 11.8. The SMILES string of the molecule is CC(C)(C)c1ccc(S(=O)(=O)NCC(=O)Nc2ccc(F)c(F)c2F)cc1. The molecule has 5 nitrogen and oxygen atoms in total. The molecule has 9 heteroatoms. The van der Waals surface area contributed by atoms with Crippen LogP contribution in [0.2, 0.25) is 0 Å². The fourth-order valence-corrected chi connectivity index (χ4v) is 3.18. The van der Waals surface area contributed by atoms with Crippen molar-refractivity contribution in [2.75, 3.05) is 11.9 Å². The lowest BCUT2D eigenvalue weighted by atomic mass is 9.87. The van der Waals surface area contributed by atoms with Crippen molar-refractivity contribution in [3.05, 3.63) is 59.4 Å². The maximum absolute atomic E-state index is 13.5. The predicted octanol–water partition coefficient (Wildman–Crippen LogP) is 3.32. The van der Waals surface area contributed by atoms with Gasteiger partial charge in [-0.15, -0.1) is 0 Å². The second kappa shape index (κ2) is 7.69. The van der Waals surface area contributed by atoms with Gasteiger partial charge in [-0.1, -0.05) is 32.9 Å². The molecule has 2 aromatic rings. The second-order valence-electron chi connectivity index (χ2n) is 6.87. The van der Waals surface area contributed by atoms with Crippen molar-refractivity contribution in [3.8, 4) is 0 Å². The van der Waals surface area contributed by atoms with Crippen LogP contribution in [0, 0.1) is 17.5 Å². The van der Waals surface area contributed by atoms with Gasteiger partial charge in [0.25, 0.3) is 0 Å². The third-order valence-electron chi connectivity index (χ3n) is 3.76. The fourth-order valence-electron chi connectivity index (χ4n) is 2.19. The highest BCUT2D eigenvalue weighted by Crippen LogP contribution is 2.23. The maximum atomic E-state index is 13.5. The van der Waals surface area contributed by atoms with Gasteiger partial charge in [0.1, 0.15) is 0 Å². The lowest BCUT2D eigenvalue weighted by Gasteiger charge is -2.19. The molecule has 0 heterocycles. The van der Waals surface area contributed by atoms with E-state index >= 15 is 0 Å². The smallest absolute Gasteiger partial charge is 0.241 e. The van der Waals surface area contributed by atoms with E-state index < -0.39 is 45.6 Å². The van der Waals surface area contributed by atoms with Crippen LogP contribution in [0.1, 0.15) is 26.3 Å². The number of anilines is 1. The lowest BCUT2D eigenvalue weighted by molar-refractivity contribution is -0.115. The molecule has 2 rings (SSSR count). The number of hydrogen-bond acceptors (Lipinski definition) is 3. The molecule has 27 heavy (non-hydrogen) atoms. The minimum atomic E-state index is -3.97. The molecule has 1 amide bonds. The van der Waals surface area contributed by atoms with Crippen molar-refractivity contribution in [2.45, 2.75) is 31.1 Å². The number of amides is 1. The van der Waals surface area contributed by atoms with Crippen molar-refractivity contribution >= 4 is 21.6 Å². The Kier molecular flexibility index (Phi) is 5.96. The fraction of sp³-hybridized carbons (Fsp3) is 0.278. The molecule has 0 radical (unpaired) electrons. The summed E-state index contributed by atoms with van der Waals surface area (Å²) in [5, 5.41) is 1.98. The average molecular weight is 400 g/mol. The van der Waals surface area contributed by atoms with Gasteiger partial charge in [0, 0.05) is 0 Å². The molecule has 0 bridgehead atoms. The first kappa shape index (κ1) is 20.9. The number of halogens is 3. The molecule has 0 saturated heterocycles. The summed E-state index contributed by atoms with van der Waals surface area (Å²) in [5.74, 6) is -5.63. The number of benzene rings is 2. The van der Waals surface area contributed by atoms with Crippen LogP contribution in [0.4, 0.5) is 18.9 Å². The molecule has 2 aromatic carbocycles. The van der Waals surface area contributed by atoms with Gasteiger partial charge in [0.15, 0.2) is 17.5 Å².